The molecule has 0 saturated carbocycles. The van der Waals surface area contributed by atoms with Crippen molar-refractivity contribution >= 4 is 27.5 Å². The van der Waals surface area contributed by atoms with Crippen molar-refractivity contribution in [3.63, 3.8) is 0 Å². The largest absolute Gasteiger partial charge is 0.383 e. The minimum absolute atomic E-state index is 0.235. The molecule has 1 heterocycles. The Morgan fingerprint density at radius 3 is 2.40 bits per heavy atom. The summed E-state index contributed by atoms with van der Waals surface area (Å²) in [6.07, 6.45) is 0. The molecule has 30 heavy (non-hydrogen) atoms. The number of hydrogen-bond donors (Lipinski definition) is 0. The number of carbonyl (C=O) groups excluding carboxylic acids is 1. The van der Waals surface area contributed by atoms with Crippen LogP contribution in [-0.2, 0) is 11.3 Å². The number of thiazole rings is 1. The van der Waals surface area contributed by atoms with Gasteiger partial charge in [-0.05, 0) is 54.3 Å². The molecule has 0 fully saturated rings. The highest BCUT2D eigenvalue weighted by Gasteiger charge is 2.12. The SMILES string of the molecule is COCCn1c(=NC(=O)c2ccc(-c3ccccc3)cc2)sc2cc(C)cc(C)c21. The fraction of sp³-hybridized carbons (Fsp3) is 0.200. The van der Waals surface area contributed by atoms with Gasteiger partial charge in [0.1, 0.15) is 0 Å². The summed E-state index contributed by atoms with van der Waals surface area (Å²) in [6, 6.07) is 22.1. The van der Waals surface area contributed by atoms with E-state index in [1.54, 1.807) is 18.4 Å². The lowest BCUT2D eigenvalue weighted by molar-refractivity contribution is 0.0997. The van der Waals surface area contributed by atoms with Gasteiger partial charge in [-0.15, -0.1) is 0 Å². The molecule has 0 unspecified atom stereocenters. The summed E-state index contributed by atoms with van der Waals surface area (Å²) in [6.45, 7) is 5.40. The first-order chi connectivity index (χ1) is 14.6. The van der Waals surface area contributed by atoms with Crippen LogP contribution < -0.4 is 4.80 Å². The van der Waals surface area contributed by atoms with Gasteiger partial charge in [0.2, 0.25) is 0 Å². The van der Waals surface area contributed by atoms with E-state index in [1.165, 1.54) is 11.1 Å². The highest BCUT2D eigenvalue weighted by Crippen LogP contribution is 2.24. The summed E-state index contributed by atoms with van der Waals surface area (Å²) in [5.41, 5.74) is 6.29. The van der Waals surface area contributed by atoms with Crippen LogP contribution in [0.5, 0.6) is 0 Å². The van der Waals surface area contributed by atoms with Crippen molar-refractivity contribution in [2.75, 3.05) is 13.7 Å². The second-order valence-corrected chi connectivity index (χ2v) is 8.33. The monoisotopic (exact) mass is 416 g/mol. The fourth-order valence-corrected chi connectivity index (χ4v) is 4.88. The van der Waals surface area contributed by atoms with Gasteiger partial charge in [0.05, 0.1) is 16.8 Å². The van der Waals surface area contributed by atoms with Gasteiger partial charge in [0.25, 0.3) is 5.91 Å². The zero-order valence-electron chi connectivity index (χ0n) is 17.4. The lowest BCUT2D eigenvalue weighted by Crippen LogP contribution is -2.19. The number of amides is 1. The minimum atomic E-state index is -0.235. The lowest BCUT2D eigenvalue weighted by atomic mass is 10.0. The predicted octanol–water partition coefficient (Wildman–Crippen LogP) is 5.37. The molecule has 0 saturated heterocycles. The average Bonchev–Trinajstić information content (AvgIpc) is 3.09. The molecule has 3 aromatic carbocycles. The number of hydrogen-bond acceptors (Lipinski definition) is 3. The van der Waals surface area contributed by atoms with E-state index in [2.05, 4.69) is 47.7 Å². The normalized spacial score (nSPS) is 11.9. The molecule has 0 atom stereocenters. The fourth-order valence-electron chi connectivity index (χ4n) is 3.65. The first-order valence-corrected chi connectivity index (χ1v) is 10.7. The van der Waals surface area contributed by atoms with Crippen molar-refractivity contribution < 1.29 is 9.53 Å². The van der Waals surface area contributed by atoms with Crippen LogP contribution in [0.3, 0.4) is 0 Å². The molecule has 5 heteroatoms. The summed E-state index contributed by atoms with van der Waals surface area (Å²) >= 11 is 1.55. The summed E-state index contributed by atoms with van der Waals surface area (Å²) in [4.78, 5) is 18.1. The maximum atomic E-state index is 12.9. The van der Waals surface area contributed by atoms with Crippen LogP contribution >= 0.6 is 11.3 Å². The molecule has 0 aliphatic heterocycles. The van der Waals surface area contributed by atoms with E-state index in [0.717, 1.165) is 21.3 Å². The van der Waals surface area contributed by atoms with Crippen molar-refractivity contribution in [3.8, 4) is 11.1 Å². The Morgan fingerprint density at radius 2 is 1.70 bits per heavy atom. The van der Waals surface area contributed by atoms with Gasteiger partial charge in [0, 0.05) is 19.2 Å². The van der Waals surface area contributed by atoms with E-state index in [1.807, 2.05) is 42.5 Å². The van der Waals surface area contributed by atoms with Gasteiger partial charge in [-0.1, -0.05) is 59.9 Å². The van der Waals surface area contributed by atoms with Crippen LogP contribution in [-0.4, -0.2) is 24.2 Å². The van der Waals surface area contributed by atoms with Crippen molar-refractivity contribution in [3.05, 3.63) is 88.2 Å². The van der Waals surface area contributed by atoms with Gasteiger partial charge >= 0.3 is 0 Å². The molecule has 1 aromatic heterocycles. The third kappa shape index (κ3) is 4.13. The number of ether oxygens (including phenoxy) is 1. The third-order valence-electron chi connectivity index (χ3n) is 5.07. The van der Waals surface area contributed by atoms with Crippen LogP contribution in [0.2, 0.25) is 0 Å². The lowest BCUT2D eigenvalue weighted by Gasteiger charge is -2.07. The Labute approximate surface area is 180 Å². The number of nitrogens with zero attached hydrogens (tertiary/aromatic N) is 2. The van der Waals surface area contributed by atoms with Crippen molar-refractivity contribution in [1.29, 1.82) is 0 Å². The van der Waals surface area contributed by atoms with Gasteiger partial charge in [-0.2, -0.15) is 4.99 Å². The third-order valence-corrected chi connectivity index (χ3v) is 6.09. The Kier molecular flexibility index (Phi) is 5.93. The number of carbonyl (C=O) groups is 1. The van der Waals surface area contributed by atoms with Gasteiger partial charge < -0.3 is 9.30 Å². The van der Waals surface area contributed by atoms with Crippen LogP contribution in [0.15, 0.2) is 71.7 Å². The number of aryl methyl sites for hydroxylation is 2. The Bertz CT molecular complexity index is 1250. The van der Waals surface area contributed by atoms with Crippen LogP contribution in [0, 0.1) is 13.8 Å². The first-order valence-electron chi connectivity index (χ1n) is 9.91. The standard InChI is InChI=1S/C25H24N2O2S/c1-17-15-18(2)23-22(16-17)30-25(27(23)13-14-29-3)26-24(28)21-11-9-20(10-12-21)19-7-5-4-6-8-19/h4-12,15-16H,13-14H2,1-3H3. The maximum absolute atomic E-state index is 12.9. The van der Waals surface area contributed by atoms with Gasteiger partial charge in [0.15, 0.2) is 4.80 Å². The van der Waals surface area contributed by atoms with Crippen LogP contribution in [0.4, 0.5) is 0 Å². The van der Waals surface area contributed by atoms with Crippen molar-refractivity contribution in [2.45, 2.75) is 20.4 Å². The van der Waals surface area contributed by atoms with Crippen LogP contribution in [0.25, 0.3) is 21.3 Å². The Hall–Kier alpha value is -3.02. The second-order valence-electron chi connectivity index (χ2n) is 7.32. The molecule has 0 N–H and O–H groups in total. The van der Waals surface area contributed by atoms with E-state index >= 15 is 0 Å². The van der Waals surface area contributed by atoms with Gasteiger partial charge in [-0.3, -0.25) is 4.79 Å². The second kappa shape index (κ2) is 8.78. The van der Waals surface area contributed by atoms with E-state index in [9.17, 15) is 4.79 Å². The minimum Gasteiger partial charge on any atom is -0.383 e. The zero-order chi connectivity index (χ0) is 21.1. The highest BCUT2D eigenvalue weighted by molar-refractivity contribution is 7.16. The van der Waals surface area contributed by atoms with E-state index < -0.39 is 0 Å². The molecule has 4 nitrogen and oxygen atoms in total. The maximum Gasteiger partial charge on any atom is 0.279 e. The predicted molar refractivity (Wildman–Crippen MR) is 123 cm³/mol. The quantitative estimate of drug-likeness (QED) is 0.439. The zero-order valence-corrected chi connectivity index (χ0v) is 18.2. The van der Waals surface area contributed by atoms with E-state index in [-0.39, 0.29) is 5.91 Å². The topological polar surface area (TPSA) is 43.6 Å². The molecule has 4 aromatic rings. The van der Waals surface area contributed by atoms with E-state index in [0.29, 0.717) is 23.5 Å². The molecule has 4 rings (SSSR count). The molecule has 0 radical (unpaired) electrons. The molecule has 0 spiro atoms. The number of aromatic nitrogens is 1. The summed E-state index contributed by atoms with van der Waals surface area (Å²) < 4.78 is 8.51. The smallest absolute Gasteiger partial charge is 0.279 e. The molecule has 0 aliphatic rings. The van der Waals surface area contributed by atoms with Crippen LogP contribution in [0.1, 0.15) is 21.5 Å². The molecule has 1 amide bonds. The molecule has 152 valence electrons. The van der Waals surface area contributed by atoms with E-state index in [4.69, 9.17) is 4.74 Å². The summed E-state index contributed by atoms with van der Waals surface area (Å²) in [7, 11) is 1.68. The average molecular weight is 417 g/mol. The number of methoxy groups -OCH3 is 1. The highest BCUT2D eigenvalue weighted by atomic mass is 32.1. The summed E-state index contributed by atoms with van der Waals surface area (Å²) in [5.74, 6) is -0.235. The number of benzene rings is 3. The number of rotatable bonds is 5. The molecule has 0 aliphatic carbocycles. The number of fused-ring (bicyclic) bond motifs is 1. The van der Waals surface area contributed by atoms with Crippen molar-refractivity contribution in [1.82, 2.24) is 4.57 Å². The molecule has 0 bridgehead atoms. The Balaban J connectivity index is 1.73. The van der Waals surface area contributed by atoms with Gasteiger partial charge in [-0.25, -0.2) is 0 Å². The van der Waals surface area contributed by atoms with Crippen molar-refractivity contribution in [2.24, 2.45) is 4.99 Å². The first kappa shape index (κ1) is 20.3. The molecular formula is C25H24N2O2S. The Morgan fingerprint density at radius 1 is 1.00 bits per heavy atom. The molecular weight excluding hydrogens is 392 g/mol. The summed E-state index contributed by atoms with van der Waals surface area (Å²) in [5, 5.41) is 0.